The molecule has 4 nitrogen and oxygen atoms in total. The highest BCUT2D eigenvalue weighted by Crippen LogP contribution is 2.33. The lowest BCUT2D eigenvalue weighted by atomic mass is 10.0. The second-order valence-electron chi connectivity index (χ2n) is 6.94. The molecule has 3 aromatic rings. The highest BCUT2D eigenvalue weighted by Gasteiger charge is 2.23. The van der Waals surface area contributed by atoms with Crippen LogP contribution in [0.2, 0.25) is 0 Å². The van der Waals surface area contributed by atoms with Gasteiger partial charge in [0.05, 0.1) is 23.6 Å². The van der Waals surface area contributed by atoms with Crippen LogP contribution < -0.4 is 5.73 Å². The summed E-state index contributed by atoms with van der Waals surface area (Å²) < 4.78 is 13.4. The molecule has 0 fully saturated rings. The predicted molar refractivity (Wildman–Crippen MR) is 118 cm³/mol. The van der Waals surface area contributed by atoms with E-state index in [4.69, 9.17) is 10.7 Å². The summed E-state index contributed by atoms with van der Waals surface area (Å²) in [5.41, 5.74) is 11.2. The molecule has 0 saturated heterocycles. The molecule has 0 saturated carbocycles. The van der Waals surface area contributed by atoms with Crippen LogP contribution in [0.25, 0.3) is 16.8 Å². The summed E-state index contributed by atoms with van der Waals surface area (Å²) in [5, 5.41) is 0.808. The predicted octanol–water partition coefficient (Wildman–Crippen LogP) is 5.20. The Morgan fingerprint density at radius 1 is 1.14 bits per heavy atom. The maximum Gasteiger partial charge on any atom is 0.166 e. The van der Waals surface area contributed by atoms with Crippen LogP contribution in [0, 0.1) is 5.82 Å². The number of thioether (sulfide) groups is 1. The van der Waals surface area contributed by atoms with Gasteiger partial charge in [0.25, 0.3) is 0 Å². The van der Waals surface area contributed by atoms with Crippen molar-refractivity contribution in [3.63, 3.8) is 0 Å². The average Bonchev–Trinajstić information content (AvgIpc) is 3.19. The first-order valence-electron chi connectivity index (χ1n) is 9.45. The molecule has 148 valence electrons. The summed E-state index contributed by atoms with van der Waals surface area (Å²) >= 11 is 1.54. The fourth-order valence-corrected chi connectivity index (χ4v) is 3.91. The zero-order valence-electron chi connectivity index (χ0n) is 16.3. The number of rotatable bonds is 5. The molecule has 6 heteroatoms. The SMILES string of the molecule is CSc1nc(C2=CC(N)N(C(C)c3ccccc3)C=C2)c(-c2ccc(F)cc2)[nH]1. The van der Waals surface area contributed by atoms with E-state index in [1.807, 2.05) is 42.8 Å². The number of nitrogens with zero attached hydrogens (tertiary/aromatic N) is 2. The van der Waals surface area contributed by atoms with Crippen LogP contribution in [0.3, 0.4) is 0 Å². The number of hydrogen-bond donors (Lipinski definition) is 2. The highest BCUT2D eigenvalue weighted by atomic mass is 32.2. The monoisotopic (exact) mass is 406 g/mol. The quantitative estimate of drug-likeness (QED) is 0.572. The van der Waals surface area contributed by atoms with Crippen LogP contribution in [0.4, 0.5) is 4.39 Å². The minimum atomic E-state index is -0.277. The summed E-state index contributed by atoms with van der Waals surface area (Å²) in [7, 11) is 0. The zero-order chi connectivity index (χ0) is 20.4. The van der Waals surface area contributed by atoms with Crippen LogP contribution >= 0.6 is 11.8 Å². The third kappa shape index (κ3) is 3.99. The molecule has 2 heterocycles. The molecule has 0 spiro atoms. The van der Waals surface area contributed by atoms with Gasteiger partial charge in [0, 0.05) is 17.3 Å². The van der Waals surface area contributed by atoms with Gasteiger partial charge < -0.3 is 15.6 Å². The molecule has 2 aromatic carbocycles. The molecule has 29 heavy (non-hydrogen) atoms. The van der Waals surface area contributed by atoms with Gasteiger partial charge in [-0.25, -0.2) is 9.37 Å². The fraction of sp³-hybridized carbons (Fsp3) is 0.174. The molecule has 0 bridgehead atoms. The van der Waals surface area contributed by atoms with Crippen molar-refractivity contribution in [2.45, 2.75) is 24.3 Å². The van der Waals surface area contributed by atoms with E-state index in [9.17, 15) is 4.39 Å². The Kier molecular flexibility index (Phi) is 5.56. The molecular formula is C23H23FN4S. The molecule has 4 rings (SSSR count). The first kappa shape index (κ1) is 19.5. The largest absolute Gasteiger partial charge is 0.352 e. The smallest absolute Gasteiger partial charge is 0.166 e. The lowest BCUT2D eigenvalue weighted by Crippen LogP contribution is -2.40. The molecule has 0 aliphatic carbocycles. The number of halogens is 1. The minimum Gasteiger partial charge on any atom is -0.352 e. The van der Waals surface area contributed by atoms with E-state index in [1.54, 1.807) is 12.1 Å². The maximum atomic E-state index is 13.4. The Hall–Kier alpha value is -2.83. The Morgan fingerprint density at radius 3 is 2.52 bits per heavy atom. The molecule has 3 N–H and O–H groups in total. The van der Waals surface area contributed by atoms with Crippen molar-refractivity contribution < 1.29 is 4.39 Å². The summed E-state index contributed by atoms with van der Waals surface area (Å²) in [6, 6.07) is 16.9. The number of imidazole rings is 1. The summed E-state index contributed by atoms with van der Waals surface area (Å²) in [6.45, 7) is 2.14. The normalized spacial score (nSPS) is 17.3. The van der Waals surface area contributed by atoms with Crippen LogP contribution in [-0.4, -0.2) is 27.3 Å². The number of benzene rings is 2. The van der Waals surface area contributed by atoms with E-state index < -0.39 is 0 Å². The number of nitrogens with two attached hydrogens (primary N) is 1. The van der Waals surface area contributed by atoms with E-state index in [0.29, 0.717) is 0 Å². The summed E-state index contributed by atoms with van der Waals surface area (Å²) in [5.74, 6) is -0.260. The number of H-pyrrole nitrogens is 1. The molecule has 0 radical (unpaired) electrons. The van der Waals surface area contributed by atoms with Crippen molar-refractivity contribution in [2.24, 2.45) is 5.73 Å². The zero-order valence-corrected chi connectivity index (χ0v) is 17.2. The fourth-order valence-electron chi connectivity index (χ4n) is 3.52. The molecule has 1 aromatic heterocycles. The first-order chi connectivity index (χ1) is 14.1. The third-order valence-corrected chi connectivity index (χ3v) is 5.71. The van der Waals surface area contributed by atoms with Gasteiger partial charge in [-0.3, -0.25) is 0 Å². The highest BCUT2D eigenvalue weighted by molar-refractivity contribution is 7.98. The standard InChI is InChI=1S/C23H23FN4S/c1-15(16-6-4-3-5-7-16)28-13-12-18(14-20(28)25)22-21(26-23(27-22)29-2)17-8-10-19(24)11-9-17/h3-15,20H,25H2,1-2H3,(H,26,27). The van der Waals surface area contributed by atoms with Crippen molar-refractivity contribution in [3.8, 4) is 11.3 Å². The van der Waals surface area contributed by atoms with E-state index in [2.05, 4.69) is 28.9 Å². The molecule has 0 amide bonds. The summed E-state index contributed by atoms with van der Waals surface area (Å²) in [4.78, 5) is 10.2. The number of nitrogens with one attached hydrogen (secondary N) is 1. The van der Waals surface area contributed by atoms with E-state index in [-0.39, 0.29) is 18.0 Å². The number of aromatic amines is 1. The Balaban J connectivity index is 1.65. The van der Waals surface area contributed by atoms with E-state index >= 15 is 0 Å². The number of allylic oxidation sites excluding steroid dienone is 2. The first-order valence-corrected chi connectivity index (χ1v) is 10.7. The number of aromatic nitrogens is 2. The average molecular weight is 407 g/mol. The molecule has 2 atom stereocenters. The molecule has 1 aliphatic rings. The van der Waals surface area contributed by atoms with Gasteiger partial charge in [-0.1, -0.05) is 42.1 Å². The van der Waals surface area contributed by atoms with Gasteiger partial charge in [-0.2, -0.15) is 0 Å². The van der Waals surface area contributed by atoms with Crippen molar-refractivity contribution in [1.29, 1.82) is 0 Å². The van der Waals surface area contributed by atoms with Gasteiger partial charge in [-0.05, 0) is 55.2 Å². The molecule has 2 unspecified atom stereocenters. The Morgan fingerprint density at radius 2 is 1.86 bits per heavy atom. The van der Waals surface area contributed by atoms with E-state index in [0.717, 1.165) is 27.7 Å². The van der Waals surface area contributed by atoms with Gasteiger partial charge >= 0.3 is 0 Å². The lowest BCUT2D eigenvalue weighted by Gasteiger charge is -2.34. The van der Waals surface area contributed by atoms with Gasteiger partial charge in [0.2, 0.25) is 0 Å². The lowest BCUT2D eigenvalue weighted by molar-refractivity contribution is 0.254. The minimum absolute atomic E-state index is 0.151. The topological polar surface area (TPSA) is 57.9 Å². The van der Waals surface area contributed by atoms with Crippen molar-refractivity contribution in [1.82, 2.24) is 14.9 Å². The van der Waals surface area contributed by atoms with Crippen LogP contribution in [-0.2, 0) is 0 Å². The van der Waals surface area contributed by atoms with Gasteiger partial charge in [-0.15, -0.1) is 0 Å². The maximum absolute atomic E-state index is 13.4. The van der Waals surface area contributed by atoms with Crippen molar-refractivity contribution >= 4 is 17.3 Å². The van der Waals surface area contributed by atoms with Gasteiger partial charge in [0.15, 0.2) is 5.16 Å². The van der Waals surface area contributed by atoms with Crippen LogP contribution in [0.1, 0.15) is 24.2 Å². The van der Waals surface area contributed by atoms with Gasteiger partial charge in [0.1, 0.15) is 5.82 Å². The second-order valence-corrected chi connectivity index (χ2v) is 7.73. The van der Waals surface area contributed by atoms with Crippen molar-refractivity contribution in [3.05, 3.63) is 90.0 Å². The second kappa shape index (κ2) is 8.27. The Bertz CT molecular complexity index is 1040. The van der Waals surface area contributed by atoms with Crippen LogP contribution in [0.5, 0.6) is 0 Å². The molecular weight excluding hydrogens is 383 g/mol. The Labute approximate surface area is 174 Å². The summed E-state index contributed by atoms with van der Waals surface area (Å²) in [6.07, 6.45) is 7.78. The molecule has 1 aliphatic heterocycles. The van der Waals surface area contributed by atoms with E-state index in [1.165, 1.54) is 29.5 Å². The number of hydrogen-bond acceptors (Lipinski definition) is 4. The van der Waals surface area contributed by atoms with Crippen molar-refractivity contribution in [2.75, 3.05) is 6.26 Å². The third-order valence-electron chi connectivity index (χ3n) is 5.13. The van der Waals surface area contributed by atoms with Crippen LogP contribution in [0.15, 0.2) is 78.1 Å².